The molecule has 24 heavy (non-hydrogen) atoms. The first kappa shape index (κ1) is 16.9. The molecular formula is C17H28N6O. The molecule has 1 aromatic rings. The molecular weight excluding hydrogens is 304 g/mol. The molecule has 1 amide bonds. The maximum absolute atomic E-state index is 12.3. The van der Waals surface area contributed by atoms with Crippen molar-refractivity contribution in [3.63, 3.8) is 0 Å². The average molecular weight is 332 g/mol. The van der Waals surface area contributed by atoms with Crippen LogP contribution in [0.4, 0.5) is 11.9 Å². The van der Waals surface area contributed by atoms with Gasteiger partial charge in [-0.15, -0.1) is 0 Å². The third-order valence-electron chi connectivity index (χ3n) is 4.84. The Balaban J connectivity index is 1.68. The van der Waals surface area contributed by atoms with Gasteiger partial charge in [0.2, 0.25) is 17.8 Å². The van der Waals surface area contributed by atoms with Crippen LogP contribution in [0.3, 0.4) is 0 Å². The van der Waals surface area contributed by atoms with Gasteiger partial charge < -0.3 is 15.1 Å². The highest BCUT2D eigenvalue weighted by Crippen LogP contribution is 2.23. The fourth-order valence-corrected chi connectivity index (χ4v) is 3.41. The van der Waals surface area contributed by atoms with E-state index in [-0.39, 0.29) is 11.8 Å². The molecule has 0 aromatic carbocycles. The van der Waals surface area contributed by atoms with E-state index in [1.165, 1.54) is 19.3 Å². The smallest absolute Gasteiger partial charge is 0.230 e. The number of anilines is 2. The Bertz CT molecular complexity index is 564. The van der Waals surface area contributed by atoms with Crippen molar-refractivity contribution in [1.29, 1.82) is 0 Å². The van der Waals surface area contributed by atoms with Gasteiger partial charge in [-0.3, -0.25) is 4.79 Å². The number of carbonyl (C=O) groups is 1. The van der Waals surface area contributed by atoms with Gasteiger partial charge in [0.1, 0.15) is 0 Å². The van der Waals surface area contributed by atoms with Gasteiger partial charge in [0.15, 0.2) is 5.82 Å². The van der Waals surface area contributed by atoms with E-state index in [1.807, 2.05) is 19.0 Å². The average Bonchev–Trinajstić information content (AvgIpc) is 3.15. The number of rotatable bonds is 5. The molecule has 0 atom stereocenters. The van der Waals surface area contributed by atoms with Gasteiger partial charge in [0.05, 0.1) is 6.54 Å². The third kappa shape index (κ3) is 4.13. The van der Waals surface area contributed by atoms with Crippen molar-refractivity contribution in [3.05, 3.63) is 5.82 Å². The fraction of sp³-hybridized carbons (Fsp3) is 0.765. The first-order chi connectivity index (χ1) is 11.6. The number of hydrogen-bond donors (Lipinski definition) is 1. The second-order valence-electron chi connectivity index (χ2n) is 6.99. The van der Waals surface area contributed by atoms with Crippen LogP contribution in [0, 0.1) is 5.92 Å². The van der Waals surface area contributed by atoms with E-state index in [4.69, 9.17) is 0 Å². The number of aromatic nitrogens is 3. The molecule has 0 unspecified atom stereocenters. The van der Waals surface area contributed by atoms with Crippen LogP contribution in [0.2, 0.25) is 0 Å². The van der Waals surface area contributed by atoms with Crippen molar-refractivity contribution in [2.24, 2.45) is 5.92 Å². The van der Waals surface area contributed by atoms with Crippen molar-refractivity contribution >= 4 is 17.8 Å². The molecule has 1 aromatic heterocycles. The van der Waals surface area contributed by atoms with Crippen molar-refractivity contribution < 1.29 is 4.79 Å². The van der Waals surface area contributed by atoms with Gasteiger partial charge in [0, 0.05) is 33.1 Å². The van der Waals surface area contributed by atoms with E-state index < -0.39 is 0 Å². The quantitative estimate of drug-likeness (QED) is 0.885. The molecule has 0 spiro atoms. The highest BCUT2D eigenvalue weighted by atomic mass is 16.1. The van der Waals surface area contributed by atoms with Crippen LogP contribution < -0.4 is 15.1 Å². The summed E-state index contributed by atoms with van der Waals surface area (Å²) in [4.78, 5) is 30.0. The minimum Gasteiger partial charge on any atom is -0.349 e. The van der Waals surface area contributed by atoms with E-state index in [9.17, 15) is 4.79 Å². The van der Waals surface area contributed by atoms with Gasteiger partial charge in [-0.2, -0.15) is 15.0 Å². The molecule has 2 heterocycles. The first-order valence-corrected chi connectivity index (χ1v) is 9.08. The van der Waals surface area contributed by atoms with E-state index in [2.05, 4.69) is 25.2 Å². The second-order valence-corrected chi connectivity index (χ2v) is 6.99. The summed E-state index contributed by atoms with van der Waals surface area (Å²) < 4.78 is 0. The Morgan fingerprint density at radius 3 is 2.46 bits per heavy atom. The monoisotopic (exact) mass is 332 g/mol. The Morgan fingerprint density at radius 1 is 1.08 bits per heavy atom. The predicted octanol–water partition coefficient (Wildman–Crippen LogP) is 1.73. The lowest BCUT2D eigenvalue weighted by molar-refractivity contribution is -0.126. The number of amides is 1. The normalized spacial score (nSPS) is 18.7. The van der Waals surface area contributed by atoms with Crippen molar-refractivity contribution in [3.8, 4) is 0 Å². The lowest BCUT2D eigenvalue weighted by Gasteiger charge is -2.21. The van der Waals surface area contributed by atoms with E-state index in [0.29, 0.717) is 18.3 Å². The zero-order valence-electron chi connectivity index (χ0n) is 14.8. The minimum atomic E-state index is 0.143. The van der Waals surface area contributed by atoms with Gasteiger partial charge in [-0.1, -0.05) is 19.3 Å². The van der Waals surface area contributed by atoms with Crippen LogP contribution in [-0.4, -0.2) is 48.0 Å². The summed E-state index contributed by atoms with van der Waals surface area (Å²) in [6.07, 6.45) is 7.94. The Labute approximate surface area is 143 Å². The van der Waals surface area contributed by atoms with Crippen LogP contribution in [-0.2, 0) is 11.3 Å². The van der Waals surface area contributed by atoms with Gasteiger partial charge in [-0.05, 0) is 25.7 Å². The minimum absolute atomic E-state index is 0.143. The zero-order chi connectivity index (χ0) is 16.9. The lowest BCUT2D eigenvalue weighted by Crippen LogP contribution is -2.32. The third-order valence-corrected chi connectivity index (χ3v) is 4.84. The molecule has 132 valence electrons. The van der Waals surface area contributed by atoms with Crippen LogP contribution in [0.1, 0.15) is 50.8 Å². The summed E-state index contributed by atoms with van der Waals surface area (Å²) in [5, 5.41) is 3.02. The van der Waals surface area contributed by atoms with E-state index in [0.717, 1.165) is 44.7 Å². The molecule has 1 N–H and O–H groups in total. The van der Waals surface area contributed by atoms with Crippen LogP contribution >= 0.6 is 0 Å². The number of nitrogens with one attached hydrogen (secondary N) is 1. The number of nitrogens with zero attached hydrogens (tertiary/aromatic N) is 5. The summed E-state index contributed by atoms with van der Waals surface area (Å²) in [5.41, 5.74) is 0. The summed E-state index contributed by atoms with van der Waals surface area (Å²) in [6.45, 7) is 2.36. The van der Waals surface area contributed by atoms with Crippen LogP contribution in [0.15, 0.2) is 0 Å². The highest BCUT2D eigenvalue weighted by Gasteiger charge is 2.22. The second kappa shape index (κ2) is 7.77. The maximum Gasteiger partial charge on any atom is 0.230 e. The Hall–Kier alpha value is -1.92. The van der Waals surface area contributed by atoms with Crippen molar-refractivity contribution in [1.82, 2.24) is 20.3 Å². The van der Waals surface area contributed by atoms with Crippen molar-refractivity contribution in [2.75, 3.05) is 37.0 Å². The van der Waals surface area contributed by atoms with Crippen LogP contribution in [0.25, 0.3) is 0 Å². The van der Waals surface area contributed by atoms with Gasteiger partial charge in [0.25, 0.3) is 0 Å². The summed E-state index contributed by atoms with van der Waals surface area (Å²) >= 11 is 0. The summed E-state index contributed by atoms with van der Waals surface area (Å²) in [6, 6.07) is 0. The molecule has 1 saturated heterocycles. The molecule has 0 radical (unpaired) electrons. The maximum atomic E-state index is 12.3. The van der Waals surface area contributed by atoms with Gasteiger partial charge in [-0.25, -0.2) is 0 Å². The molecule has 1 aliphatic carbocycles. The first-order valence-electron chi connectivity index (χ1n) is 9.08. The van der Waals surface area contributed by atoms with E-state index in [1.54, 1.807) is 0 Å². The Kier molecular flexibility index (Phi) is 5.48. The fourth-order valence-electron chi connectivity index (χ4n) is 3.41. The highest BCUT2D eigenvalue weighted by molar-refractivity contribution is 5.78. The lowest BCUT2D eigenvalue weighted by atomic mass is 9.89. The molecule has 1 saturated carbocycles. The standard InChI is InChI=1S/C17H28N6O/c1-22(2)16-19-14(20-17(21-16)23-10-6-7-11-23)12-18-15(24)13-8-4-3-5-9-13/h13H,3-12H2,1-2H3,(H,18,24). The van der Waals surface area contributed by atoms with Gasteiger partial charge >= 0.3 is 0 Å². The molecule has 7 nitrogen and oxygen atoms in total. The van der Waals surface area contributed by atoms with Crippen molar-refractivity contribution in [2.45, 2.75) is 51.5 Å². The zero-order valence-corrected chi connectivity index (χ0v) is 14.8. The SMILES string of the molecule is CN(C)c1nc(CNC(=O)C2CCCCC2)nc(N2CCCC2)n1. The summed E-state index contributed by atoms with van der Waals surface area (Å²) in [7, 11) is 3.85. The molecule has 3 rings (SSSR count). The predicted molar refractivity (Wildman–Crippen MR) is 94.0 cm³/mol. The molecule has 2 fully saturated rings. The number of hydrogen-bond acceptors (Lipinski definition) is 6. The summed E-state index contributed by atoms with van der Waals surface area (Å²) in [5.74, 6) is 2.32. The van der Waals surface area contributed by atoms with Crippen LogP contribution in [0.5, 0.6) is 0 Å². The largest absolute Gasteiger partial charge is 0.349 e. The Morgan fingerprint density at radius 2 is 1.79 bits per heavy atom. The molecule has 0 bridgehead atoms. The molecule has 2 aliphatic rings. The number of carbonyl (C=O) groups excluding carboxylic acids is 1. The van der Waals surface area contributed by atoms with E-state index >= 15 is 0 Å². The topological polar surface area (TPSA) is 74.2 Å². The molecule has 1 aliphatic heterocycles. The molecule has 7 heteroatoms.